The molecule has 0 fully saturated rings. The molecule has 1 rings (SSSR count). The van der Waals surface area contributed by atoms with Crippen molar-refractivity contribution in [3.8, 4) is 0 Å². The van der Waals surface area contributed by atoms with Crippen molar-refractivity contribution in [3.63, 3.8) is 0 Å². The molecule has 9 heavy (non-hydrogen) atoms. The summed E-state index contributed by atoms with van der Waals surface area (Å²) >= 11 is 0. The number of aryl methyl sites for hydroxylation is 1. The van der Waals surface area contributed by atoms with Crippen LogP contribution in [0.1, 0.15) is 12.1 Å². The maximum Gasteiger partial charge on any atom is 0.120 e. The molecular formula is C7H9NO. The van der Waals surface area contributed by atoms with Gasteiger partial charge in [-0.05, 0) is 18.6 Å². The highest BCUT2D eigenvalue weighted by atomic mass is 16.1. The lowest BCUT2D eigenvalue weighted by atomic mass is 10.2. The predicted octanol–water partition coefficient (Wildman–Crippen LogP) is 1.15. The number of aldehydes is 1. The predicted molar refractivity (Wildman–Crippen MR) is 35.2 cm³/mol. The van der Waals surface area contributed by atoms with Crippen LogP contribution in [0.4, 0.5) is 0 Å². The molecule has 0 unspecified atom stereocenters. The van der Waals surface area contributed by atoms with Gasteiger partial charge >= 0.3 is 0 Å². The van der Waals surface area contributed by atoms with Crippen LogP contribution in [0, 0.1) is 0 Å². The fourth-order valence-electron chi connectivity index (χ4n) is 0.737. The van der Waals surface area contributed by atoms with Crippen LogP contribution in [0.2, 0.25) is 0 Å². The van der Waals surface area contributed by atoms with E-state index in [1.54, 1.807) is 0 Å². The van der Waals surface area contributed by atoms with Gasteiger partial charge in [0.25, 0.3) is 0 Å². The molecule has 0 aromatic carbocycles. The first-order chi connectivity index (χ1) is 4.43. The Morgan fingerprint density at radius 2 is 2.56 bits per heavy atom. The third kappa shape index (κ3) is 1.72. The normalized spacial score (nSPS) is 9.33. The lowest BCUT2D eigenvalue weighted by Crippen LogP contribution is -1.83. The summed E-state index contributed by atoms with van der Waals surface area (Å²) in [4.78, 5) is 12.9. The van der Waals surface area contributed by atoms with Gasteiger partial charge in [-0.25, -0.2) is 0 Å². The molecule has 1 aromatic heterocycles. The molecule has 0 saturated carbocycles. The average molecular weight is 123 g/mol. The zero-order valence-electron chi connectivity index (χ0n) is 5.13. The number of carbonyl (C=O) groups is 1. The van der Waals surface area contributed by atoms with Crippen LogP contribution in [0.5, 0.6) is 0 Å². The number of nitrogens with one attached hydrogen (secondary N) is 1. The Balaban J connectivity index is 2.38. The molecule has 0 amide bonds. The average Bonchev–Trinajstić information content (AvgIpc) is 2.34. The van der Waals surface area contributed by atoms with Gasteiger partial charge in [0.05, 0.1) is 0 Å². The number of rotatable bonds is 3. The molecule has 0 atom stereocenters. The van der Waals surface area contributed by atoms with Crippen molar-refractivity contribution in [2.24, 2.45) is 0 Å². The zero-order valence-corrected chi connectivity index (χ0v) is 5.13. The van der Waals surface area contributed by atoms with E-state index in [9.17, 15) is 4.79 Å². The highest BCUT2D eigenvalue weighted by Gasteiger charge is 1.88. The smallest absolute Gasteiger partial charge is 0.120 e. The molecule has 0 saturated heterocycles. The van der Waals surface area contributed by atoms with E-state index in [1.165, 1.54) is 0 Å². The van der Waals surface area contributed by atoms with Crippen LogP contribution in [0.3, 0.4) is 0 Å². The van der Waals surface area contributed by atoms with E-state index < -0.39 is 0 Å². The Kier molecular flexibility index (Phi) is 2.07. The Bertz CT molecular complexity index is 167. The number of hydrogen-bond acceptors (Lipinski definition) is 1. The van der Waals surface area contributed by atoms with Gasteiger partial charge in [-0.3, -0.25) is 0 Å². The Hall–Kier alpha value is -1.05. The molecule has 0 aliphatic carbocycles. The first-order valence-corrected chi connectivity index (χ1v) is 2.99. The van der Waals surface area contributed by atoms with Crippen molar-refractivity contribution < 1.29 is 4.79 Å². The lowest BCUT2D eigenvalue weighted by molar-refractivity contribution is -0.107. The molecule has 1 aromatic rings. The standard InChI is InChI=1S/C7H9NO/c9-6-2-4-7-3-1-5-8-7/h1,3,5-6,8H,2,4H2. The van der Waals surface area contributed by atoms with E-state index in [2.05, 4.69) is 4.98 Å². The summed E-state index contributed by atoms with van der Waals surface area (Å²) in [6.07, 6.45) is 4.23. The van der Waals surface area contributed by atoms with E-state index >= 15 is 0 Å². The summed E-state index contributed by atoms with van der Waals surface area (Å²) in [6, 6.07) is 3.91. The van der Waals surface area contributed by atoms with Crippen LogP contribution < -0.4 is 0 Å². The van der Waals surface area contributed by atoms with E-state index in [0.29, 0.717) is 6.42 Å². The SMILES string of the molecule is O=CCCc1ccc[nH]1. The molecule has 48 valence electrons. The molecule has 0 bridgehead atoms. The first kappa shape index (κ1) is 6.08. The molecular weight excluding hydrogens is 114 g/mol. The summed E-state index contributed by atoms with van der Waals surface area (Å²) in [5, 5.41) is 0. The van der Waals surface area contributed by atoms with Gasteiger partial charge in [-0.15, -0.1) is 0 Å². The fourth-order valence-corrected chi connectivity index (χ4v) is 0.737. The quantitative estimate of drug-likeness (QED) is 0.601. The molecule has 2 heteroatoms. The Morgan fingerprint density at radius 3 is 3.11 bits per heavy atom. The first-order valence-electron chi connectivity index (χ1n) is 2.99. The monoisotopic (exact) mass is 123 g/mol. The minimum absolute atomic E-state index is 0.612. The Labute approximate surface area is 53.9 Å². The van der Waals surface area contributed by atoms with E-state index in [-0.39, 0.29) is 0 Å². The van der Waals surface area contributed by atoms with Crippen molar-refractivity contribution in [3.05, 3.63) is 24.0 Å². The third-order valence-corrected chi connectivity index (χ3v) is 1.19. The van der Waals surface area contributed by atoms with Crippen LogP contribution in [-0.2, 0) is 11.2 Å². The molecule has 0 aliphatic heterocycles. The highest BCUT2D eigenvalue weighted by molar-refractivity contribution is 5.49. The van der Waals surface area contributed by atoms with Gasteiger partial charge in [-0.2, -0.15) is 0 Å². The van der Waals surface area contributed by atoms with Crippen LogP contribution >= 0.6 is 0 Å². The van der Waals surface area contributed by atoms with Crippen molar-refractivity contribution >= 4 is 6.29 Å². The molecule has 1 heterocycles. The van der Waals surface area contributed by atoms with Gasteiger partial charge < -0.3 is 9.78 Å². The summed E-state index contributed by atoms with van der Waals surface area (Å²) < 4.78 is 0. The number of H-pyrrole nitrogens is 1. The van der Waals surface area contributed by atoms with E-state index in [1.807, 2.05) is 18.3 Å². The Morgan fingerprint density at radius 1 is 1.67 bits per heavy atom. The minimum atomic E-state index is 0.612. The maximum atomic E-state index is 9.89. The van der Waals surface area contributed by atoms with Crippen molar-refractivity contribution in [2.45, 2.75) is 12.8 Å². The third-order valence-electron chi connectivity index (χ3n) is 1.19. The highest BCUT2D eigenvalue weighted by Crippen LogP contribution is 1.96. The minimum Gasteiger partial charge on any atom is -0.365 e. The molecule has 0 radical (unpaired) electrons. The van der Waals surface area contributed by atoms with Gasteiger partial charge in [0.15, 0.2) is 0 Å². The zero-order chi connectivity index (χ0) is 6.53. The summed E-state index contributed by atoms with van der Waals surface area (Å²) in [6.45, 7) is 0. The molecule has 1 N–H and O–H groups in total. The van der Waals surface area contributed by atoms with Gasteiger partial charge in [0.1, 0.15) is 6.29 Å². The summed E-state index contributed by atoms with van der Waals surface area (Å²) in [5.74, 6) is 0. The van der Waals surface area contributed by atoms with Crippen LogP contribution in [0.15, 0.2) is 18.3 Å². The fraction of sp³-hybridized carbons (Fsp3) is 0.286. The molecule has 0 aliphatic rings. The van der Waals surface area contributed by atoms with E-state index in [4.69, 9.17) is 0 Å². The topological polar surface area (TPSA) is 32.9 Å². The largest absolute Gasteiger partial charge is 0.365 e. The van der Waals surface area contributed by atoms with Crippen molar-refractivity contribution in [1.82, 2.24) is 4.98 Å². The van der Waals surface area contributed by atoms with Crippen molar-refractivity contribution in [1.29, 1.82) is 0 Å². The summed E-state index contributed by atoms with van der Waals surface area (Å²) in [7, 11) is 0. The molecule has 2 nitrogen and oxygen atoms in total. The maximum absolute atomic E-state index is 9.89. The number of aromatic nitrogens is 1. The molecule has 0 spiro atoms. The van der Waals surface area contributed by atoms with Gasteiger partial charge in [-0.1, -0.05) is 0 Å². The second-order valence-corrected chi connectivity index (χ2v) is 1.90. The second-order valence-electron chi connectivity index (χ2n) is 1.90. The second kappa shape index (κ2) is 3.07. The number of carbonyl (C=O) groups excluding carboxylic acids is 1. The lowest BCUT2D eigenvalue weighted by Gasteiger charge is -1.87. The summed E-state index contributed by atoms with van der Waals surface area (Å²) in [5.41, 5.74) is 1.13. The van der Waals surface area contributed by atoms with Gasteiger partial charge in [0, 0.05) is 18.3 Å². The van der Waals surface area contributed by atoms with E-state index in [0.717, 1.165) is 18.4 Å². The van der Waals surface area contributed by atoms with Gasteiger partial charge in [0.2, 0.25) is 0 Å². The number of hydrogen-bond donors (Lipinski definition) is 1. The van der Waals surface area contributed by atoms with Crippen LogP contribution in [0.25, 0.3) is 0 Å². The number of aromatic amines is 1. The van der Waals surface area contributed by atoms with Crippen LogP contribution in [-0.4, -0.2) is 11.3 Å². The van der Waals surface area contributed by atoms with Crippen molar-refractivity contribution in [2.75, 3.05) is 0 Å².